The van der Waals surface area contributed by atoms with E-state index in [-0.39, 0.29) is 11.7 Å². The molecule has 1 fully saturated rings. The van der Waals surface area contributed by atoms with E-state index in [2.05, 4.69) is 10.2 Å². The van der Waals surface area contributed by atoms with E-state index in [0.29, 0.717) is 16.9 Å². The lowest BCUT2D eigenvalue weighted by Gasteiger charge is -2.26. The normalized spacial score (nSPS) is 15.0. The number of rotatable bonds is 4. The molecule has 0 spiro atoms. The Morgan fingerprint density at radius 3 is 2.64 bits per heavy atom. The highest BCUT2D eigenvalue weighted by atomic mass is 32.2. The summed E-state index contributed by atoms with van der Waals surface area (Å²) in [4.78, 5) is 14.0. The third kappa shape index (κ3) is 3.59. The maximum atomic E-state index is 12.1. The number of benzene rings is 1. The summed E-state index contributed by atoms with van der Waals surface area (Å²) in [5, 5.41) is 17.6. The first-order valence-electron chi connectivity index (χ1n) is 7.26. The van der Waals surface area contributed by atoms with Crippen molar-refractivity contribution in [3.63, 3.8) is 0 Å². The highest BCUT2D eigenvalue weighted by Crippen LogP contribution is 2.25. The molecular formula is C15H17N3O3S. The van der Waals surface area contributed by atoms with Gasteiger partial charge in [0.25, 0.3) is 5.22 Å². The smallest absolute Gasteiger partial charge is 0.277 e. The van der Waals surface area contributed by atoms with Crippen LogP contribution in [0.3, 0.4) is 0 Å². The predicted molar refractivity (Wildman–Crippen MR) is 82.6 cm³/mol. The molecule has 1 amide bonds. The summed E-state index contributed by atoms with van der Waals surface area (Å²) in [5.41, 5.74) is 0.736. The summed E-state index contributed by atoms with van der Waals surface area (Å²) < 4.78 is 5.54. The molecule has 6 nitrogen and oxygen atoms in total. The summed E-state index contributed by atoms with van der Waals surface area (Å²) >= 11 is 1.26. The molecule has 2 aromatic rings. The first kappa shape index (κ1) is 14.9. The number of phenols is 1. The first-order chi connectivity index (χ1) is 10.7. The van der Waals surface area contributed by atoms with Crippen LogP contribution in [0.2, 0.25) is 0 Å². The van der Waals surface area contributed by atoms with E-state index in [4.69, 9.17) is 4.42 Å². The summed E-state index contributed by atoms with van der Waals surface area (Å²) in [6, 6.07) is 6.53. The number of hydrogen-bond donors (Lipinski definition) is 1. The van der Waals surface area contributed by atoms with Crippen molar-refractivity contribution in [1.82, 2.24) is 15.1 Å². The number of phenolic OH excluding ortho intramolecular Hbond substituents is 1. The van der Waals surface area contributed by atoms with Gasteiger partial charge in [-0.25, -0.2) is 0 Å². The second-order valence-corrected chi connectivity index (χ2v) is 6.08. The Morgan fingerprint density at radius 2 is 1.91 bits per heavy atom. The third-order valence-electron chi connectivity index (χ3n) is 3.55. The van der Waals surface area contributed by atoms with Gasteiger partial charge in [-0.2, -0.15) is 0 Å². The second-order valence-electron chi connectivity index (χ2n) is 5.15. The number of aromatic nitrogens is 2. The van der Waals surface area contributed by atoms with E-state index in [1.54, 1.807) is 24.3 Å². The highest BCUT2D eigenvalue weighted by molar-refractivity contribution is 7.99. The van der Waals surface area contributed by atoms with E-state index in [1.165, 1.54) is 18.2 Å². The van der Waals surface area contributed by atoms with Crippen LogP contribution in [0.1, 0.15) is 19.3 Å². The van der Waals surface area contributed by atoms with Gasteiger partial charge in [0.1, 0.15) is 5.75 Å². The van der Waals surface area contributed by atoms with Crippen LogP contribution < -0.4 is 0 Å². The largest absolute Gasteiger partial charge is 0.508 e. The molecule has 22 heavy (non-hydrogen) atoms. The molecule has 0 aliphatic carbocycles. The summed E-state index contributed by atoms with van der Waals surface area (Å²) in [5.74, 6) is 1.00. The molecule has 1 aromatic heterocycles. The molecule has 1 N–H and O–H groups in total. The predicted octanol–water partition coefficient (Wildman–Crippen LogP) is 2.55. The van der Waals surface area contributed by atoms with E-state index < -0.39 is 0 Å². The monoisotopic (exact) mass is 319 g/mol. The molecule has 1 saturated heterocycles. The average Bonchev–Trinajstić information content (AvgIpc) is 3.03. The maximum absolute atomic E-state index is 12.1. The molecule has 0 radical (unpaired) electrons. The highest BCUT2D eigenvalue weighted by Gasteiger charge is 2.18. The Kier molecular flexibility index (Phi) is 4.62. The maximum Gasteiger partial charge on any atom is 0.277 e. The Balaban J connectivity index is 1.57. The van der Waals surface area contributed by atoms with Crippen molar-refractivity contribution in [3.05, 3.63) is 24.3 Å². The zero-order valence-electron chi connectivity index (χ0n) is 12.1. The van der Waals surface area contributed by atoms with Crippen LogP contribution in [-0.4, -0.2) is 45.0 Å². The van der Waals surface area contributed by atoms with Crippen molar-refractivity contribution >= 4 is 17.7 Å². The van der Waals surface area contributed by atoms with Crippen LogP contribution in [0.25, 0.3) is 11.5 Å². The molecule has 0 atom stereocenters. The number of hydrogen-bond acceptors (Lipinski definition) is 6. The zero-order valence-corrected chi connectivity index (χ0v) is 12.9. The minimum absolute atomic E-state index is 0.120. The molecule has 3 rings (SSSR count). The Labute approximate surface area is 132 Å². The molecular weight excluding hydrogens is 302 g/mol. The van der Waals surface area contributed by atoms with Crippen molar-refractivity contribution in [1.29, 1.82) is 0 Å². The van der Waals surface area contributed by atoms with Gasteiger partial charge < -0.3 is 14.4 Å². The molecule has 2 heterocycles. The lowest BCUT2D eigenvalue weighted by Crippen LogP contribution is -2.36. The number of piperidine rings is 1. The summed E-state index contributed by atoms with van der Waals surface area (Å²) in [6.45, 7) is 1.70. The number of carbonyl (C=O) groups is 1. The Hall–Kier alpha value is -2.02. The molecule has 116 valence electrons. The molecule has 0 unspecified atom stereocenters. The topological polar surface area (TPSA) is 79.5 Å². The van der Waals surface area contributed by atoms with Crippen LogP contribution in [0.15, 0.2) is 33.9 Å². The number of carbonyl (C=O) groups excluding carboxylic acids is 1. The number of likely N-dealkylation sites (tertiary alicyclic amines) is 1. The molecule has 0 saturated carbocycles. The van der Waals surface area contributed by atoms with Crippen LogP contribution in [0.5, 0.6) is 5.75 Å². The van der Waals surface area contributed by atoms with Gasteiger partial charge in [0, 0.05) is 18.7 Å². The van der Waals surface area contributed by atoms with Crippen LogP contribution in [-0.2, 0) is 4.79 Å². The van der Waals surface area contributed by atoms with Gasteiger partial charge >= 0.3 is 0 Å². The van der Waals surface area contributed by atoms with Gasteiger partial charge in [-0.15, -0.1) is 10.2 Å². The fourth-order valence-electron chi connectivity index (χ4n) is 2.35. The van der Waals surface area contributed by atoms with Gasteiger partial charge in [-0.3, -0.25) is 4.79 Å². The molecule has 1 aromatic carbocycles. The standard InChI is InChI=1S/C15H17N3O3S/c19-12-6-4-11(5-7-12)14-16-17-15(21-14)22-10-13(20)18-8-2-1-3-9-18/h4-7,19H,1-3,8-10H2. The third-order valence-corrected chi connectivity index (χ3v) is 4.35. The molecule has 1 aliphatic rings. The van der Waals surface area contributed by atoms with Crippen molar-refractivity contribution < 1.29 is 14.3 Å². The van der Waals surface area contributed by atoms with Crippen molar-refractivity contribution in [2.75, 3.05) is 18.8 Å². The fraction of sp³-hybridized carbons (Fsp3) is 0.400. The number of aromatic hydroxyl groups is 1. The number of amides is 1. The van der Waals surface area contributed by atoms with Crippen molar-refractivity contribution in [3.8, 4) is 17.2 Å². The van der Waals surface area contributed by atoms with Crippen LogP contribution in [0.4, 0.5) is 0 Å². The molecule has 7 heteroatoms. The van der Waals surface area contributed by atoms with E-state index in [0.717, 1.165) is 31.5 Å². The first-order valence-corrected chi connectivity index (χ1v) is 8.24. The van der Waals surface area contributed by atoms with Gasteiger partial charge in [-0.1, -0.05) is 11.8 Å². The number of nitrogens with zero attached hydrogens (tertiary/aromatic N) is 3. The lowest BCUT2D eigenvalue weighted by atomic mass is 10.1. The fourth-order valence-corrected chi connectivity index (χ4v) is 3.01. The minimum atomic E-state index is 0.120. The second kappa shape index (κ2) is 6.83. The van der Waals surface area contributed by atoms with Crippen LogP contribution in [0, 0.1) is 0 Å². The van der Waals surface area contributed by atoms with E-state index in [9.17, 15) is 9.90 Å². The Bertz CT molecular complexity index is 636. The molecule has 0 bridgehead atoms. The van der Waals surface area contributed by atoms with Gasteiger partial charge in [0.2, 0.25) is 11.8 Å². The van der Waals surface area contributed by atoms with E-state index in [1.807, 2.05) is 4.90 Å². The Morgan fingerprint density at radius 1 is 1.18 bits per heavy atom. The van der Waals surface area contributed by atoms with Gasteiger partial charge in [0.15, 0.2) is 0 Å². The number of thioether (sulfide) groups is 1. The van der Waals surface area contributed by atoms with Crippen molar-refractivity contribution in [2.24, 2.45) is 0 Å². The van der Waals surface area contributed by atoms with Crippen LogP contribution >= 0.6 is 11.8 Å². The van der Waals surface area contributed by atoms with E-state index >= 15 is 0 Å². The summed E-state index contributed by atoms with van der Waals surface area (Å²) in [7, 11) is 0. The van der Waals surface area contributed by atoms with Crippen molar-refractivity contribution in [2.45, 2.75) is 24.5 Å². The SMILES string of the molecule is O=C(CSc1nnc(-c2ccc(O)cc2)o1)N1CCCCC1. The quantitative estimate of drug-likeness (QED) is 0.872. The zero-order chi connectivity index (χ0) is 15.4. The van der Waals surface area contributed by atoms with Gasteiger partial charge in [-0.05, 0) is 43.5 Å². The average molecular weight is 319 g/mol. The summed E-state index contributed by atoms with van der Waals surface area (Å²) in [6.07, 6.45) is 3.38. The molecule has 1 aliphatic heterocycles. The lowest BCUT2D eigenvalue weighted by molar-refractivity contribution is -0.129. The van der Waals surface area contributed by atoms with Gasteiger partial charge in [0.05, 0.1) is 5.75 Å². The minimum Gasteiger partial charge on any atom is -0.508 e.